The van der Waals surface area contributed by atoms with Crippen LogP contribution in [-0.4, -0.2) is 30.6 Å². The number of ether oxygens (including phenoxy) is 1. The van der Waals surface area contributed by atoms with Crippen molar-refractivity contribution < 1.29 is 4.74 Å². The zero-order valence-electron chi connectivity index (χ0n) is 13.1. The summed E-state index contributed by atoms with van der Waals surface area (Å²) in [6, 6.07) is 9.74. The predicted octanol–water partition coefficient (Wildman–Crippen LogP) is 3.47. The molecule has 2 aromatic rings. The summed E-state index contributed by atoms with van der Waals surface area (Å²) in [6.45, 7) is 4.88. The molecule has 0 saturated heterocycles. The Kier molecular flexibility index (Phi) is 4.98. The van der Waals surface area contributed by atoms with E-state index in [9.17, 15) is 0 Å². The Bertz CT molecular complexity index is 599. The highest BCUT2D eigenvalue weighted by molar-refractivity contribution is 5.50. The number of anilines is 2. The van der Waals surface area contributed by atoms with Crippen LogP contribution in [0.2, 0.25) is 0 Å². The normalized spacial score (nSPS) is 10.3. The molecular formula is C16H22N4O. The molecule has 0 unspecified atom stereocenters. The quantitative estimate of drug-likeness (QED) is 0.881. The third-order valence-corrected chi connectivity index (χ3v) is 2.92. The second-order valence-electron chi connectivity index (χ2n) is 5.09. The smallest absolute Gasteiger partial charge is 0.226 e. The van der Waals surface area contributed by atoms with E-state index in [1.54, 1.807) is 0 Å². The second-order valence-corrected chi connectivity index (χ2v) is 5.09. The molecule has 0 fully saturated rings. The number of hydrogen-bond donors (Lipinski definition) is 1. The summed E-state index contributed by atoms with van der Waals surface area (Å²) in [5, 5.41) is 3.18. The van der Waals surface area contributed by atoms with Crippen molar-refractivity contribution in [2.24, 2.45) is 0 Å². The van der Waals surface area contributed by atoms with Crippen LogP contribution < -0.4 is 15.0 Å². The topological polar surface area (TPSA) is 50.3 Å². The molecule has 1 aromatic carbocycles. The van der Waals surface area contributed by atoms with E-state index in [-0.39, 0.29) is 0 Å². The number of rotatable bonds is 6. The van der Waals surface area contributed by atoms with E-state index in [2.05, 4.69) is 22.2 Å². The SMILES string of the molecule is CCCNc1nc(C)cc(Oc2cccc(N(C)C)c2)n1. The third-order valence-electron chi connectivity index (χ3n) is 2.92. The summed E-state index contributed by atoms with van der Waals surface area (Å²) in [5.74, 6) is 1.92. The van der Waals surface area contributed by atoms with Gasteiger partial charge in [0.15, 0.2) is 0 Å². The van der Waals surface area contributed by atoms with Gasteiger partial charge in [-0.3, -0.25) is 0 Å². The Hall–Kier alpha value is -2.30. The maximum Gasteiger partial charge on any atom is 0.226 e. The van der Waals surface area contributed by atoms with Crippen molar-refractivity contribution >= 4 is 11.6 Å². The van der Waals surface area contributed by atoms with Crippen molar-refractivity contribution in [1.29, 1.82) is 0 Å². The van der Waals surface area contributed by atoms with E-state index in [1.165, 1.54) is 0 Å². The summed E-state index contributed by atoms with van der Waals surface area (Å²) in [4.78, 5) is 10.8. The van der Waals surface area contributed by atoms with Crippen molar-refractivity contribution in [3.8, 4) is 11.6 Å². The largest absolute Gasteiger partial charge is 0.439 e. The van der Waals surface area contributed by atoms with Gasteiger partial charge < -0.3 is 15.0 Å². The van der Waals surface area contributed by atoms with Gasteiger partial charge in [0, 0.05) is 44.2 Å². The zero-order chi connectivity index (χ0) is 15.2. The van der Waals surface area contributed by atoms with Gasteiger partial charge in [0.05, 0.1) is 0 Å². The molecular weight excluding hydrogens is 264 g/mol. The third kappa shape index (κ3) is 4.34. The highest BCUT2D eigenvalue weighted by Gasteiger charge is 2.05. The number of aryl methyl sites for hydroxylation is 1. The number of nitrogens with one attached hydrogen (secondary N) is 1. The van der Waals surface area contributed by atoms with E-state index in [1.807, 2.05) is 56.3 Å². The molecule has 0 aliphatic heterocycles. The summed E-state index contributed by atoms with van der Waals surface area (Å²) in [5.41, 5.74) is 1.96. The molecule has 0 radical (unpaired) electrons. The number of nitrogens with zero attached hydrogens (tertiary/aromatic N) is 3. The maximum atomic E-state index is 5.85. The van der Waals surface area contributed by atoms with Gasteiger partial charge in [-0.25, -0.2) is 4.98 Å². The molecule has 21 heavy (non-hydrogen) atoms. The van der Waals surface area contributed by atoms with Gasteiger partial charge in [-0.05, 0) is 25.5 Å². The van der Waals surface area contributed by atoms with Gasteiger partial charge in [-0.2, -0.15) is 4.98 Å². The Morgan fingerprint density at radius 1 is 1.19 bits per heavy atom. The molecule has 1 N–H and O–H groups in total. The average Bonchev–Trinajstić information content (AvgIpc) is 2.45. The molecule has 2 rings (SSSR count). The lowest BCUT2D eigenvalue weighted by atomic mass is 10.3. The molecule has 0 amide bonds. The fourth-order valence-electron chi connectivity index (χ4n) is 1.85. The van der Waals surface area contributed by atoms with E-state index < -0.39 is 0 Å². The minimum Gasteiger partial charge on any atom is -0.439 e. The van der Waals surface area contributed by atoms with Crippen LogP contribution in [0.1, 0.15) is 19.0 Å². The number of aromatic nitrogens is 2. The van der Waals surface area contributed by atoms with Gasteiger partial charge in [0.2, 0.25) is 11.8 Å². The standard InChI is InChI=1S/C16H22N4O/c1-5-9-17-16-18-12(2)10-15(19-16)21-14-8-6-7-13(11-14)20(3)4/h6-8,10-11H,5,9H2,1-4H3,(H,17,18,19). The fraction of sp³-hybridized carbons (Fsp3) is 0.375. The summed E-state index contributed by atoms with van der Waals surface area (Å²) in [7, 11) is 4.00. The Morgan fingerprint density at radius 3 is 2.71 bits per heavy atom. The van der Waals surface area contributed by atoms with Crippen molar-refractivity contribution in [3.63, 3.8) is 0 Å². The molecule has 0 atom stereocenters. The molecule has 0 aliphatic carbocycles. The van der Waals surface area contributed by atoms with Crippen molar-refractivity contribution in [2.45, 2.75) is 20.3 Å². The molecule has 0 aliphatic rings. The Balaban J connectivity index is 2.18. The molecule has 5 nitrogen and oxygen atoms in total. The lowest BCUT2D eigenvalue weighted by molar-refractivity contribution is 0.461. The number of benzene rings is 1. The molecule has 1 heterocycles. The van der Waals surface area contributed by atoms with E-state index in [0.29, 0.717) is 11.8 Å². The van der Waals surface area contributed by atoms with Crippen LogP contribution in [0, 0.1) is 6.92 Å². The minimum absolute atomic E-state index is 0.553. The van der Waals surface area contributed by atoms with Gasteiger partial charge in [-0.15, -0.1) is 0 Å². The minimum atomic E-state index is 0.553. The van der Waals surface area contributed by atoms with Crippen molar-refractivity contribution in [1.82, 2.24) is 9.97 Å². The predicted molar refractivity (Wildman–Crippen MR) is 86.4 cm³/mol. The van der Waals surface area contributed by atoms with Gasteiger partial charge >= 0.3 is 0 Å². The Labute approximate surface area is 126 Å². The Morgan fingerprint density at radius 2 is 2.00 bits per heavy atom. The lowest BCUT2D eigenvalue weighted by Crippen LogP contribution is -2.08. The highest BCUT2D eigenvalue weighted by Crippen LogP contribution is 2.24. The molecule has 0 bridgehead atoms. The molecule has 1 aromatic heterocycles. The van der Waals surface area contributed by atoms with Crippen LogP contribution in [0.3, 0.4) is 0 Å². The first-order valence-corrected chi connectivity index (χ1v) is 7.13. The van der Waals surface area contributed by atoms with Crippen LogP contribution in [0.5, 0.6) is 11.6 Å². The van der Waals surface area contributed by atoms with Crippen LogP contribution in [0.25, 0.3) is 0 Å². The molecule has 5 heteroatoms. The average molecular weight is 286 g/mol. The lowest BCUT2D eigenvalue weighted by Gasteiger charge is -2.14. The molecule has 0 spiro atoms. The fourth-order valence-corrected chi connectivity index (χ4v) is 1.85. The second kappa shape index (κ2) is 6.92. The molecule has 112 valence electrons. The van der Waals surface area contributed by atoms with Crippen LogP contribution in [0.15, 0.2) is 30.3 Å². The maximum absolute atomic E-state index is 5.85. The van der Waals surface area contributed by atoms with Crippen LogP contribution in [-0.2, 0) is 0 Å². The van der Waals surface area contributed by atoms with Crippen LogP contribution in [0.4, 0.5) is 11.6 Å². The van der Waals surface area contributed by atoms with Gasteiger partial charge in [-0.1, -0.05) is 13.0 Å². The first-order valence-electron chi connectivity index (χ1n) is 7.13. The highest BCUT2D eigenvalue weighted by atomic mass is 16.5. The van der Waals surface area contributed by atoms with E-state index >= 15 is 0 Å². The summed E-state index contributed by atoms with van der Waals surface area (Å²) < 4.78 is 5.85. The van der Waals surface area contributed by atoms with Crippen LogP contribution >= 0.6 is 0 Å². The summed E-state index contributed by atoms with van der Waals surface area (Å²) >= 11 is 0. The molecule has 0 saturated carbocycles. The first kappa shape index (κ1) is 15.1. The van der Waals surface area contributed by atoms with E-state index in [0.717, 1.165) is 30.1 Å². The zero-order valence-corrected chi connectivity index (χ0v) is 13.1. The van der Waals surface area contributed by atoms with Gasteiger partial charge in [0.1, 0.15) is 5.75 Å². The van der Waals surface area contributed by atoms with Gasteiger partial charge in [0.25, 0.3) is 0 Å². The first-order chi connectivity index (χ1) is 10.1. The van der Waals surface area contributed by atoms with E-state index in [4.69, 9.17) is 4.74 Å². The summed E-state index contributed by atoms with van der Waals surface area (Å²) in [6.07, 6.45) is 1.03. The number of hydrogen-bond acceptors (Lipinski definition) is 5. The monoisotopic (exact) mass is 286 g/mol. The van der Waals surface area contributed by atoms with Crippen molar-refractivity contribution in [3.05, 3.63) is 36.0 Å². The van der Waals surface area contributed by atoms with Crippen molar-refractivity contribution in [2.75, 3.05) is 30.9 Å².